The van der Waals surface area contributed by atoms with Crippen molar-refractivity contribution in [1.29, 1.82) is 0 Å². The monoisotopic (exact) mass is 257 g/mol. The molecule has 1 nitrogen and oxygen atoms in total. The maximum atomic E-state index is 13.5. The molecule has 0 aliphatic heterocycles. The Balaban J connectivity index is 2.00. The number of halogens is 3. The minimum Gasteiger partial charge on any atom is -0.380 e. The van der Waals surface area contributed by atoms with Gasteiger partial charge in [-0.2, -0.15) is 0 Å². The Morgan fingerprint density at radius 2 is 1.61 bits per heavy atom. The average Bonchev–Trinajstić information content (AvgIpc) is 2.37. The van der Waals surface area contributed by atoms with E-state index in [2.05, 4.69) is 12.2 Å². The SMILES string of the molecule is CCC1CCC(Nc2cc(F)c(F)cc2F)CC1. The van der Waals surface area contributed by atoms with Crippen LogP contribution in [0.15, 0.2) is 12.1 Å². The van der Waals surface area contributed by atoms with E-state index in [1.807, 2.05) is 0 Å². The first-order chi connectivity index (χ1) is 8.60. The van der Waals surface area contributed by atoms with Crippen molar-refractivity contribution < 1.29 is 13.2 Å². The Morgan fingerprint density at radius 3 is 2.22 bits per heavy atom. The summed E-state index contributed by atoms with van der Waals surface area (Å²) >= 11 is 0. The molecule has 1 aromatic carbocycles. The first kappa shape index (κ1) is 13.2. The van der Waals surface area contributed by atoms with Crippen molar-refractivity contribution >= 4 is 5.69 Å². The standard InChI is InChI=1S/C14H18F3N/c1-2-9-3-5-10(6-4-9)18-14-8-12(16)11(15)7-13(14)17/h7-10,18H,2-6H2,1H3. The Bertz CT molecular complexity index is 412. The molecule has 1 aliphatic rings. The molecule has 1 aromatic rings. The molecule has 0 atom stereocenters. The van der Waals surface area contributed by atoms with Gasteiger partial charge in [0.2, 0.25) is 0 Å². The Morgan fingerprint density at radius 1 is 1.00 bits per heavy atom. The fourth-order valence-electron chi connectivity index (χ4n) is 2.57. The van der Waals surface area contributed by atoms with Crippen LogP contribution >= 0.6 is 0 Å². The van der Waals surface area contributed by atoms with E-state index in [0.717, 1.165) is 37.7 Å². The van der Waals surface area contributed by atoms with Crippen molar-refractivity contribution in [2.75, 3.05) is 5.32 Å². The second-order valence-electron chi connectivity index (χ2n) is 5.02. The zero-order valence-corrected chi connectivity index (χ0v) is 10.5. The van der Waals surface area contributed by atoms with Gasteiger partial charge in [-0.1, -0.05) is 13.3 Å². The van der Waals surface area contributed by atoms with Crippen LogP contribution in [0.1, 0.15) is 39.0 Å². The predicted octanol–water partition coefficient (Wildman–Crippen LogP) is 4.48. The molecule has 0 heterocycles. The van der Waals surface area contributed by atoms with E-state index in [-0.39, 0.29) is 11.7 Å². The van der Waals surface area contributed by atoms with Crippen LogP contribution in [0.5, 0.6) is 0 Å². The Hall–Kier alpha value is -1.19. The summed E-state index contributed by atoms with van der Waals surface area (Å²) in [5.74, 6) is -2.14. The highest BCUT2D eigenvalue weighted by atomic mass is 19.2. The second kappa shape index (κ2) is 5.63. The van der Waals surface area contributed by atoms with Gasteiger partial charge in [-0.3, -0.25) is 0 Å². The van der Waals surface area contributed by atoms with Crippen LogP contribution in [0, 0.1) is 23.4 Å². The van der Waals surface area contributed by atoms with Gasteiger partial charge in [0.05, 0.1) is 5.69 Å². The zero-order valence-electron chi connectivity index (χ0n) is 10.5. The highest BCUT2D eigenvalue weighted by Gasteiger charge is 2.21. The minimum absolute atomic E-state index is 0.0637. The smallest absolute Gasteiger partial charge is 0.161 e. The van der Waals surface area contributed by atoms with E-state index in [0.29, 0.717) is 6.07 Å². The van der Waals surface area contributed by atoms with Gasteiger partial charge in [-0.05, 0) is 31.6 Å². The van der Waals surface area contributed by atoms with E-state index < -0.39 is 17.5 Å². The van der Waals surface area contributed by atoms with Crippen molar-refractivity contribution in [2.24, 2.45) is 5.92 Å². The largest absolute Gasteiger partial charge is 0.380 e. The minimum atomic E-state index is -1.15. The van der Waals surface area contributed by atoms with E-state index in [9.17, 15) is 13.2 Å². The normalized spacial score (nSPS) is 24.0. The molecule has 100 valence electrons. The molecule has 1 N–H and O–H groups in total. The highest BCUT2D eigenvalue weighted by Crippen LogP contribution is 2.29. The summed E-state index contributed by atoms with van der Waals surface area (Å²) in [6, 6.07) is 1.65. The Labute approximate surface area is 105 Å². The second-order valence-corrected chi connectivity index (χ2v) is 5.02. The van der Waals surface area contributed by atoms with Gasteiger partial charge in [0, 0.05) is 18.2 Å². The molecule has 0 saturated heterocycles. The molecule has 0 bridgehead atoms. The molecular weight excluding hydrogens is 239 g/mol. The molecule has 0 amide bonds. The van der Waals surface area contributed by atoms with Crippen LogP contribution in [0.3, 0.4) is 0 Å². The first-order valence-electron chi connectivity index (χ1n) is 6.51. The van der Waals surface area contributed by atoms with Crippen LogP contribution in [0.2, 0.25) is 0 Å². The number of benzene rings is 1. The number of rotatable bonds is 3. The number of hydrogen-bond acceptors (Lipinski definition) is 1. The predicted molar refractivity (Wildman–Crippen MR) is 66.0 cm³/mol. The third-order valence-corrected chi connectivity index (χ3v) is 3.79. The summed E-state index contributed by atoms with van der Waals surface area (Å²) < 4.78 is 39.3. The summed E-state index contributed by atoms with van der Waals surface area (Å²) in [5, 5.41) is 2.98. The maximum Gasteiger partial charge on any atom is 0.161 e. The van der Waals surface area contributed by atoms with E-state index in [1.165, 1.54) is 6.42 Å². The van der Waals surface area contributed by atoms with Gasteiger partial charge in [0.15, 0.2) is 11.6 Å². The molecular formula is C14H18F3N. The van der Waals surface area contributed by atoms with Gasteiger partial charge in [0.1, 0.15) is 5.82 Å². The van der Waals surface area contributed by atoms with Crippen molar-refractivity contribution in [3.63, 3.8) is 0 Å². The molecule has 18 heavy (non-hydrogen) atoms. The van der Waals surface area contributed by atoms with E-state index >= 15 is 0 Å². The lowest BCUT2D eigenvalue weighted by molar-refractivity contribution is 0.329. The fourth-order valence-corrected chi connectivity index (χ4v) is 2.57. The lowest BCUT2D eigenvalue weighted by atomic mass is 9.84. The average molecular weight is 257 g/mol. The topological polar surface area (TPSA) is 12.0 Å². The van der Waals surface area contributed by atoms with Crippen LogP contribution in [0.4, 0.5) is 18.9 Å². The Kier molecular flexibility index (Phi) is 4.15. The summed E-state index contributed by atoms with van der Waals surface area (Å²) in [4.78, 5) is 0. The van der Waals surface area contributed by atoms with Gasteiger partial charge < -0.3 is 5.32 Å². The molecule has 0 radical (unpaired) electrons. The molecule has 0 aromatic heterocycles. The molecule has 1 saturated carbocycles. The van der Waals surface area contributed by atoms with Crippen LogP contribution in [-0.4, -0.2) is 6.04 Å². The fraction of sp³-hybridized carbons (Fsp3) is 0.571. The highest BCUT2D eigenvalue weighted by molar-refractivity contribution is 5.46. The quantitative estimate of drug-likeness (QED) is 0.787. The van der Waals surface area contributed by atoms with Gasteiger partial charge in [0.25, 0.3) is 0 Å². The molecule has 0 spiro atoms. The molecule has 0 unspecified atom stereocenters. The molecule has 1 aliphatic carbocycles. The van der Waals surface area contributed by atoms with Crippen molar-refractivity contribution in [2.45, 2.75) is 45.1 Å². The van der Waals surface area contributed by atoms with Gasteiger partial charge in [-0.15, -0.1) is 0 Å². The van der Waals surface area contributed by atoms with Crippen LogP contribution in [0.25, 0.3) is 0 Å². The lowest BCUT2D eigenvalue weighted by Gasteiger charge is -2.29. The number of nitrogens with one attached hydrogen (secondary N) is 1. The van der Waals surface area contributed by atoms with Crippen LogP contribution < -0.4 is 5.32 Å². The third kappa shape index (κ3) is 2.98. The molecule has 1 fully saturated rings. The lowest BCUT2D eigenvalue weighted by Crippen LogP contribution is -2.26. The summed E-state index contributed by atoms with van der Waals surface area (Å²) in [6.07, 6.45) is 5.30. The third-order valence-electron chi connectivity index (χ3n) is 3.79. The maximum absolute atomic E-state index is 13.5. The first-order valence-corrected chi connectivity index (χ1v) is 6.51. The van der Waals surface area contributed by atoms with Crippen molar-refractivity contribution in [3.8, 4) is 0 Å². The number of anilines is 1. The molecule has 4 heteroatoms. The van der Waals surface area contributed by atoms with Gasteiger partial charge in [-0.25, -0.2) is 13.2 Å². The molecule has 2 rings (SSSR count). The van der Waals surface area contributed by atoms with Crippen molar-refractivity contribution in [1.82, 2.24) is 0 Å². The summed E-state index contributed by atoms with van der Waals surface area (Å²) in [7, 11) is 0. The van der Waals surface area contributed by atoms with Gasteiger partial charge >= 0.3 is 0 Å². The zero-order chi connectivity index (χ0) is 13.1. The van der Waals surface area contributed by atoms with E-state index in [1.54, 1.807) is 0 Å². The summed E-state index contributed by atoms with van der Waals surface area (Å²) in [6.45, 7) is 2.17. The van der Waals surface area contributed by atoms with Crippen molar-refractivity contribution in [3.05, 3.63) is 29.6 Å². The van der Waals surface area contributed by atoms with E-state index in [4.69, 9.17) is 0 Å². The number of hydrogen-bond donors (Lipinski definition) is 1. The van der Waals surface area contributed by atoms with Crippen LogP contribution in [-0.2, 0) is 0 Å². The summed E-state index contributed by atoms with van der Waals surface area (Å²) in [5.41, 5.74) is 0.0637.